The average Bonchev–Trinajstić information content (AvgIpc) is 2.26. The largest absolute Gasteiger partial charge is 0.493 e. The van der Waals surface area contributed by atoms with Crippen molar-refractivity contribution >= 4 is 38.4 Å². The molecule has 0 saturated heterocycles. The summed E-state index contributed by atoms with van der Waals surface area (Å²) in [5.41, 5.74) is 0.856. The van der Waals surface area contributed by atoms with Crippen LogP contribution in [0.25, 0.3) is 10.9 Å². The molecule has 0 N–H and O–H groups in total. The zero-order chi connectivity index (χ0) is 10.7. The predicted octanol–water partition coefficient (Wildman–Crippen LogP) is 3.66. The van der Waals surface area contributed by atoms with Gasteiger partial charge < -0.3 is 4.74 Å². The predicted molar refractivity (Wildman–Crippen MR) is 66.0 cm³/mol. The Labute approximate surface area is 101 Å². The molecule has 4 heteroatoms. The first-order chi connectivity index (χ1) is 7.31. The van der Waals surface area contributed by atoms with Crippen molar-refractivity contribution in [3.8, 4) is 5.75 Å². The Morgan fingerprint density at radius 2 is 2.20 bits per heavy atom. The number of halogens is 2. The van der Waals surface area contributed by atoms with Gasteiger partial charge in [0.1, 0.15) is 5.75 Å². The minimum atomic E-state index is 0.645. The molecule has 0 unspecified atom stereocenters. The molecular formula is C11H9BrClNO. The van der Waals surface area contributed by atoms with E-state index in [4.69, 9.17) is 16.3 Å². The minimum absolute atomic E-state index is 0.645. The third-order valence-electron chi connectivity index (χ3n) is 2.01. The molecule has 0 fully saturated rings. The van der Waals surface area contributed by atoms with E-state index in [1.807, 2.05) is 18.2 Å². The van der Waals surface area contributed by atoms with E-state index in [-0.39, 0.29) is 0 Å². The lowest BCUT2D eigenvalue weighted by atomic mass is 10.2. The molecule has 1 heterocycles. The Balaban J connectivity index is 2.39. The van der Waals surface area contributed by atoms with E-state index in [9.17, 15) is 0 Å². The summed E-state index contributed by atoms with van der Waals surface area (Å²) in [5.74, 6) is 0.816. The van der Waals surface area contributed by atoms with Gasteiger partial charge in [-0.3, -0.25) is 4.98 Å². The molecule has 0 aliphatic heterocycles. The number of benzene rings is 1. The fourth-order valence-electron chi connectivity index (χ4n) is 1.34. The number of hydrogen-bond donors (Lipinski definition) is 0. The summed E-state index contributed by atoms with van der Waals surface area (Å²) in [6, 6.07) is 7.50. The van der Waals surface area contributed by atoms with E-state index in [0.717, 1.165) is 22.0 Å². The van der Waals surface area contributed by atoms with Gasteiger partial charge in [0.05, 0.1) is 17.1 Å². The van der Waals surface area contributed by atoms with E-state index in [0.29, 0.717) is 11.6 Å². The topological polar surface area (TPSA) is 22.1 Å². The number of nitrogens with zero attached hydrogens (tertiary/aromatic N) is 1. The normalized spacial score (nSPS) is 10.5. The molecule has 0 saturated carbocycles. The Kier molecular flexibility index (Phi) is 3.44. The van der Waals surface area contributed by atoms with Crippen molar-refractivity contribution in [2.24, 2.45) is 0 Å². The summed E-state index contributed by atoms with van der Waals surface area (Å²) in [4.78, 5) is 4.23. The molecule has 0 radical (unpaired) electrons. The van der Waals surface area contributed by atoms with Gasteiger partial charge in [-0.05, 0) is 18.2 Å². The van der Waals surface area contributed by atoms with Gasteiger partial charge in [0.2, 0.25) is 0 Å². The molecule has 78 valence electrons. The van der Waals surface area contributed by atoms with Crippen LogP contribution in [0.3, 0.4) is 0 Å². The van der Waals surface area contributed by atoms with Crippen molar-refractivity contribution in [2.75, 3.05) is 11.9 Å². The molecule has 0 atom stereocenters. The zero-order valence-electron chi connectivity index (χ0n) is 7.91. The molecule has 2 nitrogen and oxygen atoms in total. The fraction of sp³-hybridized carbons (Fsp3) is 0.182. The molecular weight excluding hydrogens is 277 g/mol. The van der Waals surface area contributed by atoms with E-state index >= 15 is 0 Å². The van der Waals surface area contributed by atoms with Crippen LogP contribution in [0, 0.1) is 0 Å². The van der Waals surface area contributed by atoms with Gasteiger partial charge in [0, 0.05) is 23.0 Å². The van der Waals surface area contributed by atoms with E-state index in [1.165, 1.54) is 0 Å². The molecule has 0 bridgehead atoms. The first-order valence-electron chi connectivity index (χ1n) is 4.54. The lowest BCUT2D eigenvalue weighted by molar-refractivity contribution is 0.345. The smallest absolute Gasteiger partial charge is 0.121 e. The standard InChI is InChI=1S/C11H9BrClNO/c12-4-6-15-8-1-2-9-10(13)3-5-14-11(9)7-8/h1-3,5,7H,4,6H2. The van der Waals surface area contributed by atoms with Gasteiger partial charge in [0.25, 0.3) is 0 Å². The molecule has 0 aliphatic rings. The lowest BCUT2D eigenvalue weighted by Gasteiger charge is -2.05. The van der Waals surface area contributed by atoms with E-state index < -0.39 is 0 Å². The maximum absolute atomic E-state index is 6.03. The van der Waals surface area contributed by atoms with Gasteiger partial charge in [-0.25, -0.2) is 0 Å². The Morgan fingerprint density at radius 3 is 3.00 bits per heavy atom. The van der Waals surface area contributed by atoms with Crippen LogP contribution in [-0.2, 0) is 0 Å². The van der Waals surface area contributed by atoms with Gasteiger partial charge in [-0.15, -0.1) is 0 Å². The van der Waals surface area contributed by atoms with Gasteiger partial charge in [0.15, 0.2) is 0 Å². The molecule has 1 aromatic carbocycles. The van der Waals surface area contributed by atoms with Crippen molar-refractivity contribution in [1.82, 2.24) is 4.98 Å². The Hall–Kier alpha value is -0.800. The quantitative estimate of drug-likeness (QED) is 0.803. The number of alkyl halides is 1. The highest BCUT2D eigenvalue weighted by Gasteiger charge is 2.01. The van der Waals surface area contributed by atoms with Gasteiger partial charge >= 0.3 is 0 Å². The van der Waals surface area contributed by atoms with Crippen LogP contribution >= 0.6 is 27.5 Å². The summed E-state index contributed by atoms with van der Waals surface area (Å²) in [5, 5.41) is 2.48. The molecule has 0 spiro atoms. The third-order valence-corrected chi connectivity index (χ3v) is 2.66. The van der Waals surface area contributed by atoms with Crippen molar-refractivity contribution in [1.29, 1.82) is 0 Å². The molecule has 15 heavy (non-hydrogen) atoms. The average molecular weight is 287 g/mol. The zero-order valence-corrected chi connectivity index (χ0v) is 10.3. The second kappa shape index (κ2) is 4.81. The van der Waals surface area contributed by atoms with Crippen LogP contribution in [0.4, 0.5) is 0 Å². The highest BCUT2D eigenvalue weighted by Crippen LogP contribution is 2.24. The van der Waals surface area contributed by atoms with Gasteiger partial charge in [-0.2, -0.15) is 0 Å². The highest BCUT2D eigenvalue weighted by atomic mass is 79.9. The van der Waals surface area contributed by atoms with Gasteiger partial charge in [-0.1, -0.05) is 27.5 Å². The third kappa shape index (κ3) is 2.41. The second-order valence-electron chi connectivity index (χ2n) is 3.01. The monoisotopic (exact) mass is 285 g/mol. The second-order valence-corrected chi connectivity index (χ2v) is 4.21. The van der Waals surface area contributed by atoms with Crippen LogP contribution in [0.15, 0.2) is 30.5 Å². The lowest BCUT2D eigenvalue weighted by Crippen LogP contribution is -1.97. The van der Waals surface area contributed by atoms with Crippen LogP contribution in [0.2, 0.25) is 5.02 Å². The van der Waals surface area contributed by atoms with Crippen LogP contribution in [-0.4, -0.2) is 16.9 Å². The summed E-state index contributed by atoms with van der Waals surface area (Å²) < 4.78 is 5.47. The molecule has 2 rings (SSSR count). The Morgan fingerprint density at radius 1 is 1.33 bits per heavy atom. The number of pyridine rings is 1. The highest BCUT2D eigenvalue weighted by molar-refractivity contribution is 9.09. The van der Waals surface area contributed by atoms with E-state index in [1.54, 1.807) is 12.3 Å². The van der Waals surface area contributed by atoms with Crippen molar-refractivity contribution in [3.63, 3.8) is 0 Å². The number of ether oxygens (including phenoxy) is 1. The summed E-state index contributed by atoms with van der Waals surface area (Å²) in [7, 11) is 0. The SMILES string of the molecule is Clc1ccnc2cc(OCCBr)ccc12. The molecule has 2 aromatic rings. The van der Waals surface area contributed by atoms with Crippen molar-refractivity contribution in [3.05, 3.63) is 35.5 Å². The maximum atomic E-state index is 6.03. The van der Waals surface area contributed by atoms with Crippen LogP contribution in [0.1, 0.15) is 0 Å². The van der Waals surface area contributed by atoms with Crippen molar-refractivity contribution in [2.45, 2.75) is 0 Å². The molecule has 0 amide bonds. The molecule has 0 aliphatic carbocycles. The number of aromatic nitrogens is 1. The Bertz CT molecular complexity index is 475. The molecule has 1 aromatic heterocycles. The summed E-state index contributed by atoms with van der Waals surface area (Å²) in [6.07, 6.45) is 1.69. The minimum Gasteiger partial charge on any atom is -0.493 e. The first-order valence-corrected chi connectivity index (χ1v) is 6.04. The fourth-order valence-corrected chi connectivity index (χ4v) is 1.72. The number of fused-ring (bicyclic) bond motifs is 1. The van der Waals surface area contributed by atoms with Crippen LogP contribution < -0.4 is 4.74 Å². The number of rotatable bonds is 3. The van der Waals surface area contributed by atoms with Crippen LogP contribution in [0.5, 0.6) is 5.75 Å². The van der Waals surface area contributed by atoms with Crippen molar-refractivity contribution < 1.29 is 4.74 Å². The maximum Gasteiger partial charge on any atom is 0.121 e. The summed E-state index contributed by atoms with van der Waals surface area (Å²) >= 11 is 9.33. The number of hydrogen-bond acceptors (Lipinski definition) is 2. The summed E-state index contributed by atoms with van der Waals surface area (Å²) in [6.45, 7) is 0.645. The van der Waals surface area contributed by atoms with E-state index in [2.05, 4.69) is 20.9 Å². The first kappa shape index (κ1) is 10.7.